The number of aliphatic hydroxyl groups is 1. The molecular weight excluding hydrogens is 316 g/mol. The molecule has 0 aliphatic rings. The van der Waals surface area contributed by atoms with Gasteiger partial charge in [-0.2, -0.15) is 5.26 Å². The second kappa shape index (κ2) is 8.97. The van der Waals surface area contributed by atoms with Gasteiger partial charge in [-0.25, -0.2) is 0 Å². The predicted octanol–water partition coefficient (Wildman–Crippen LogP) is 2.73. The molecule has 0 aliphatic heterocycles. The normalized spacial score (nSPS) is 14.2. The largest absolute Gasteiger partial charge is 0.469 e. The number of benzene rings is 2. The summed E-state index contributed by atoms with van der Waals surface area (Å²) in [5, 5.41) is 22.5. The van der Waals surface area contributed by atoms with Gasteiger partial charge in [0.25, 0.3) is 0 Å². The van der Waals surface area contributed by atoms with E-state index in [1.165, 1.54) is 7.11 Å². The maximum absolute atomic E-state index is 12.0. The van der Waals surface area contributed by atoms with Crippen LogP contribution in [-0.2, 0) is 9.53 Å². The molecule has 0 saturated heterocycles. The molecule has 5 heteroatoms. The molecule has 2 N–H and O–H groups in total. The summed E-state index contributed by atoms with van der Waals surface area (Å²) in [5.41, 5.74) is 2.21. The van der Waals surface area contributed by atoms with Gasteiger partial charge in [0.2, 0.25) is 0 Å². The predicted molar refractivity (Wildman–Crippen MR) is 94.5 cm³/mol. The zero-order valence-electron chi connectivity index (χ0n) is 14.3. The van der Waals surface area contributed by atoms with Gasteiger partial charge in [0.1, 0.15) is 0 Å². The van der Waals surface area contributed by atoms with E-state index in [2.05, 4.69) is 11.4 Å². The van der Waals surface area contributed by atoms with Crippen molar-refractivity contribution in [1.29, 1.82) is 5.26 Å². The Bertz CT molecular complexity index is 723. The van der Waals surface area contributed by atoms with Crippen LogP contribution < -0.4 is 5.32 Å². The maximum Gasteiger partial charge on any atom is 0.310 e. The van der Waals surface area contributed by atoms with E-state index in [9.17, 15) is 9.90 Å². The summed E-state index contributed by atoms with van der Waals surface area (Å²) in [6.07, 6.45) is -0.746. The molecule has 5 nitrogen and oxygen atoms in total. The number of aliphatic hydroxyl groups excluding tert-OH is 1. The van der Waals surface area contributed by atoms with Gasteiger partial charge in [-0.05, 0) is 23.3 Å². The van der Waals surface area contributed by atoms with Crippen LogP contribution in [0.3, 0.4) is 0 Å². The lowest BCUT2D eigenvalue weighted by Crippen LogP contribution is -2.34. The monoisotopic (exact) mass is 338 g/mol. The van der Waals surface area contributed by atoms with E-state index < -0.39 is 12.0 Å². The van der Waals surface area contributed by atoms with E-state index in [1.807, 2.05) is 30.3 Å². The van der Waals surface area contributed by atoms with E-state index >= 15 is 0 Å². The van der Waals surface area contributed by atoms with Gasteiger partial charge < -0.3 is 15.2 Å². The number of nitriles is 1. The van der Waals surface area contributed by atoms with Crippen LogP contribution in [0.1, 0.15) is 35.8 Å². The van der Waals surface area contributed by atoms with E-state index in [-0.39, 0.29) is 18.6 Å². The second-order valence-corrected chi connectivity index (χ2v) is 5.86. The molecule has 2 aromatic rings. The van der Waals surface area contributed by atoms with Gasteiger partial charge in [-0.3, -0.25) is 4.79 Å². The first kappa shape index (κ1) is 18.7. The highest BCUT2D eigenvalue weighted by Gasteiger charge is 2.26. The lowest BCUT2D eigenvalue weighted by atomic mass is 9.94. The van der Waals surface area contributed by atoms with Gasteiger partial charge in [-0.15, -0.1) is 0 Å². The Morgan fingerprint density at radius 2 is 1.80 bits per heavy atom. The van der Waals surface area contributed by atoms with Crippen molar-refractivity contribution in [3.05, 3.63) is 71.3 Å². The smallest absolute Gasteiger partial charge is 0.310 e. The fourth-order valence-electron chi connectivity index (χ4n) is 2.70. The van der Waals surface area contributed by atoms with Crippen molar-refractivity contribution in [3.63, 3.8) is 0 Å². The van der Waals surface area contributed by atoms with Gasteiger partial charge >= 0.3 is 5.97 Å². The maximum atomic E-state index is 12.0. The first-order chi connectivity index (χ1) is 12.1. The summed E-state index contributed by atoms with van der Waals surface area (Å²) in [6.45, 7) is 2.07. The summed E-state index contributed by atoms with van der Waals surface area (Å²) in [5.74, 6) is -0.713. The van der Waals surface area contributed by atoms with Crippen LogP contribution in [0.4, 0.5) is 0 Å². The molecule has 0 bridgehead atoms. The van der Waals surface area contributed by atoms with Crippen molar-refractivity contribution in [2.75, 3.05) is 13.7 Å². The first-order valence-corrected chi connectivity index (χ1v) is 8.11. The number of esters is 1. The van der Waals surface area contributed by atoms with Crippen LogP contribution in [0.15, 0.2) is 54.6 Å². The van der Waals surface area contributed by atoms with E-state index in [1.54, 1.807) is 31.2 Å². The Balaban J connectivity index is 2.11. The third kappa shape index (κ3) is 4.90. The molecule has 0 spiro atoms. The van der Waals surface area contributed by atoms with Crippen LogP contribution in [0, 0.1) is 17.2 Å². The number of methoxy groups -OCH3 is 1. The third-order valence-electron chi connectivity index (χ3n) is 4.19. The van der Waals surface area contributed by atoms with E-state index in [4.69, 9.17) is 10.00 Å². The standard InChI is InChI=1S/C20H22N2O3/c1-14(20(24)25-2)19(17-6-4-3-5-7-17)22-13-18(23)16-10-8-15(12-21)9-11-16/h3-11,14,18-19,22-23H,13H2,1-2H3. The SMILES string of the molecule is COC(=O)C(C)C(NCC(O)c1ccc(C#N)cc1)c1ccccc1. The van der Waals surface area contributed by atoms with Crippen LogP contribution in [-0.4, -0.2) is 24.7 Å². The Hall–Kier alpha value is -2.68. The number of nitrogens with zero attached hydrogens (tertiary/aromatic N) is 1. The lowest BCUT2D eigenvalue weighted by molar-refractivity contribution is -0.146. The molecule has 0 aromatic heterocycles. The molecule has 0 fully saturated rings. The van der Waals surface area contributed by atoms with Crippen molar-refractivity contribution in [2.45, 2.75) is 19.1 Å². The van der Waals surface area contributed by atoms with Gasteiger partial charge in [0, 0.05) is 12.6 Å². The molecular formula is C20H22N2O3. The molecule has 2 rings (SSSR count). The molecule has 0 amide bonds. The molecule has 0 heterocycles. The number of hydrogen-bond acceptors (Lipinski definition) is 5. The topological polar surface area (TPSA) is 82.3 Å². The van der Waals surface area contributed by atoms with Crippen LogP contribution in [0.25, 0.3) is 0 Å². The minimum absolute atomic E-state index is 0.271. The Morgan fingerprint density at radius 3 is 2.36 bits per heavy atom. The fourth-order valence-corrected chi connectivity index (χ4v) is 2.70. The molecule has 0 saturated carbocycles. The Kier molecular flexibility index (Phi) is 6.70. The number of hydrogen-bond donors (Lipinski definition) is 2. The Labute approximate surface area is 147 Å². The molecule has 3 atom stereocenters. The average Bonchev–Trinajstić information content (AvgIpc) is 2.68. The van der Waals surface area contributed by atoms with Crippen molar-refractivity contribution in [2.24, 2.45) is 5.92 Å². The highest BCUT2D eigenvalue weighted by Crippen LogP contribution is 2.24. The summed E-state index contributed by atoms with van der Waals surface area (Å²) < 4.78 is 4.86. The van der Waals surface area contributed by atoms with Gasteiger partial charge in [0.05, 0.1) is 30.8 Å². The minimum Gasteiger partial charge on any atom is -0.469 e. The summed E-state index contributed by atoms with van der Waals surface area (Å²) in [7, 11) is 1.37. The fraction of sp³-hybridized carbons (Fsp3) is 0.300. The summed E-state index contributed by atoms with van der Waals surface area (Å²) >= 11 is 0. The number of rotatable bonds is 7. The van der Waals surface area contributed by atoms with E-state index in [0.717, 1.165) is 5.56 Å². The number of carbonyl (C=O) groups is 1. The number of carbonyl (C=O) groups excluding carboxylic acids is 1. The lowest BCUT2D eigenvalue weighted by Gasteiger charge is -2.25. The number of ether oxygens (including phenoxy) is 1. The molecule has 0 aliphatic carbocycles. The van der Waals surface area contributed by atoms with E-state index in [0.29, 0.717) is 11.1 Å². The summed E-state index contributed by atoms with van der Waals surface area (Å²) in [4.78, 5) is 12.0. The average molecular weight is 338 g/mol. The zero-order valence-corrected chi connectivity index (χ0v) is 14.3. The first-order valence-electron chi connectivity index (χ1n) is 8.11. The van der Waals surface area contributed by atoms with Crippen molar-refractivity contribution < 1.29 is 14.6 Å². The van der Waals surface area contributed by atoms with Gasteiger partial charge in [-0.1, -0.05) is 49.4 Å². The van der Waals surface area contributed by atoms with Crippen LogP contribution in [0.2, 0.25) is 0 Å². The number of nitrogens with one attached hydrogen (secondary N) is 1. The molecule has 25 heavy (non-hydrogen) atoms. The molecule has 130 valence electrons. The molecule has 3 unspecified atom stereocenters. The van der Waals surface area contributed by atoms with Crippen molar-refractivity contribution in [3.8, 4) is 6.07 Å². The molecule has 0 radical (unpaired) electrons. The van der Waals surface area contributed by atoms with Gasteiger partial charge in [0.15, 0.2) is 0 Å². The van der Waals surface area contributed by atoms with Crippen molar-refractivity contribution >= 4 is 5.97 Å². The summed E-state index contributed by atoms with van der Waals surface area (Å²) in [6, 6.07) is 18.2. The Morgan fingerprint density at radius 1 is 1.16 bits per heavy atom. The van der Waals surface area contributed by atoms with Crippen molar-refractivity contribution in [1.82, 2.24) is 5.32 Å². The minimum atomic E-state index is -0.746. The quantitative estimate of drug-likeness (QED) is 0.759. The highest BCUT2D eigenvalue weighted by molar-refractivity contribution is 5.73. The third-order valence-corrected chi connectivity index (χ3v) is 4.19. The van der Waals surface area contributed by atoms with Crippen LogP contribution >= 0.6 is 0 Å². The zero-order chi connectivity index (χ0) is 18.2. The molecule has 2 aromatic carbocycles. The van der Waals surface area contributed by atoms with Crippen LogP contribution in [0.5, 0.6) is 0 Å². The highest BCUT2D eigenvalue weighted by atomic mass is 16.5. The second-order valence-electron chi connectivity index (χ2n) is 5.86.